The minimum Gasteiger partial charge on any atom is -0.495 e. The lowest BCUT2D eigenvalue weighted by Crippen LogP contribution is -2.45. The molecule has 0 bridgehead atoms. The van der Waals surface area contributed by atoms with Crippen molar-refractivity contribution in [2.24, 2.45) is 5.41 Å². The highest BCUT2D eigenvalue weighted by atomic mass is 35.5. The van der Waals surface area contributed by atoms with Crippen LogP contribution in [0.4, 0.5) is 5.69 Å². The molecule has 0 radical (unpaired) electrons. The first kappa shape index (κ1) is 20.8. The number of benzene rings is 2. The van der Waals surface area contributed by atoms with Crippen molar-refractivity contribution >= 4 is 29.1 Å². The van der Waals surface area contributed by atoms with E-state index >= 15 is 0 Å². The van der Waals surface area contributed by atoms with Gasteiger partial charge in [-0.25, -0.2) is 0 Å². The van der Waals surface area contributed by atoms with E-state index in [1.54, 1.807) is 32.0 Å². The van der Waals surface area contributed by atoms with E-state index in [1.807, 2.05) is 18.2 Å². The van der Waals surface area contributed by atoms with Crippen LogP contribution in [0.25, 0.3) is 0 Å². The molecule has 0 aliphatic heterocycles. The Balaban J connectivity index is 1.90. The predicted molar refractivity (Wildman–Crippen MR) is 108 cm³/mol. The van der Waals surface area contributed by atoms with Crippen molar-refractivity contribution in [3.05, 3.63) is 59.1 Å². The molecule has 2 rings (SSSR count). The molecule has 0 aliphatic rings. The van der Waals surface area contributed by atoms with Crippen LogP contribution in [-0.4, -0.2) is 25.5 Å². The number of hydrogen-bond donors (Lipinski definition) is 2. The van der Waals surface area contributed by atoms with Crippen LogP contribution in [0.5, 0.6) is 5.75 Å². The summed E-state index contributed by atoms with van der Waals surface area (Å²) >= 11 is 5.98. The first-order chi connectivity index (χ1) is 12.8. The fourth-order valence-electron chi connectivity index (χ4n) is 2.52. The van der Waals surface area contributed by atoms with E-state index in [9.17, 15) is 9.59 Å². The lowest BCUT2D eigenvalue weighted by atomic mass is 9.90. The van der Waals surface area contributed by atoms with Crippen LogP contribution in [-0.2, 0) is 16.0 Å². The molecule has 0 aromatic heterocycles. The van der Waals surface area contributed by atoms with Crippen molar-refractivity contribution in [2.45, 2.75) is 26.7 Å². The average Bonchev–Trinajstić information content (AvgIpc) is 2.66. The molecular formula is C21H25ClN2O3. The van der Waals surface area contributed by atoms with Crippen molar-refractivity contribution in [3.8, 4) is 5.75 Å². The third kappa shape index (κ3) is 5.73. The molecule has 2 N–H and O–H groups in total. The van der Waals surface area contributed by atoms with Gasteiger partial charge in [0, 0.05) is 11.6 Å². The number of anilines is 1. The molecule has 2 amide bonds. The summed E-state index contributed by atoms with van der Waals surface area (Å²) in [6.07, 6.45) is 1.67. The smallest absolute Gasteiger partial charge is 0.239 e. The Morgan fingerprint density at radius 2 is 1.78 bits per heavy atom. The Morgan fingerprint density at radius 1 is 1.07 bits per heavy atom. The molecule has 27 heavy (non-hydrogen) atoms. The molecular weight excluding hydrogens is 364 g/mol. The number of aryl methyl sites for hydroxylation is 1. The zero-order chi connectivity index (χ0) is 19.9. The number of carbonyl (C=O) groups excluding carboxylic acids is 2. The Kier molecular flexibility index (Phi) is 7.25. The average molecular weight is 389 g/mol. The van der Waals surface area contributed by atoms with Crippen molar-refractivity contribution in [2.75, 3.05) is 19.0 Å². The molecule has 2 aromatic carbocycles. The number of amides is 2. The summed E-state index contributed by atoms with van der Waals surface area (Å²) in [7, 11) is 1.50. The standard InChI is InChI=1S/C21H25ClN2O3/c1-21(2,19(25)23-13-7-10-15-8-5-4-6-9-15)20(26)24-17-14-16(22)11-12-18(17)27-3/h4-6,8-9,11-12,14H,7,10,13H2,1-3H3,(H,23,25)(H,24,26). The van der Waals surface area contributed by atoms with Crippen LogP contribution in [0.2, 0.25) is 5.02 Å². The topological polar surface area (TPSA) is 67.4 Å². The van der Waals surface area contributed by atoms with Crippen molar-refractivity contribution in [3.63, 3.8) is 0 Å². The van der Waals surface area contributed by atoms with Gasteiger partial charge in [0.05, 0.1) is 12.8 Å². The van der Waals surface area contributed by atoms with Crippen LogP contribution < -0.4 is 15.4 Å². The van der Waals surface area contributed by atoms with E-state index in [0.29, 0.717) is 23.0 Å². The van der Waals surface area contributed by atoms with E-state index in [0.717, 1.165) is 12.8 Å². The van der Waals surface area contributed by atoms with Crippen LogP contribution in [0, 0.1) is 5.41 Å². The highest BCUT2D eigenvalue weighted by molar-refractivity contribution is 6.31. The number of rotatable bonds is 8. The van der Waals surface area contributed by atoms with Crippen LogP contribution >= 0.6 is 11.6 Å². The molecule has 0 atom stereocenters. The van der Waals surface area contributed by atoms with Gasteiger partial charge < -0.3 is 15.4 Å². The van der Waals surface area contributed by atoms with E-state index < -0.39 is 11.3 Å². The second kappa shape index (κ2) is 9.42. The van der Waals surface area contributed by atoms with E-state index in [2.05, 4.69) is 22.8 Å². The molecule has 6 heteroatoms. The number of nitrogens with one attached hydrogen (secondary N) is 2. The van der Waals surface area contributed by atoms with Gasteiger partial charge in [0.15, 0.2) is 0 Å². The van der Waals surface area contributed by atoms with E-state index in [1.165, 1.54) is 12.7 Å². The number of hydrogen-bond acceptors (Lipinski definition) is 3. The summed E-state index contributed by atoms with van der Waals surface area (Å²) in [5.74, 6) is -0.274. The second-order valence-corrected chi connectivity index (χ2v) is 7.21. The number of methoxy groups -OCH3 is 1. The predicted octanol–water partition coefficient (Wildman–Crippen LogP) is 4.06. The van der Waals surface area contributed by atoms with E-state index in [-0.39, 0.29) is 5.91 Å². The van der Waals surface area contributed by atoms with Crippen LogP contribution in [0.3, 0.4) is 0 Å². The first-order valence-corrected chi connectivity index (χ1v) is 9.19. The maximum atomic E-state index is 12.6. The quantitative estimate of drug-likeness (QED) is 0.529. The Morgan fingerprint density at radius 3 is 2.44 bits per heavy atom. The number of halogens is 1. The van der Waals surface area contributed by atoms with Gasteiger partial charge in [0.1, 0.15) is 11.2 Å². The molecule has 2 aromatic rings. The summed E-state index contributed by atoms with van der Waals surface area (Å²) in [5, 5.41) is 6.04. The number of carbonyl (C=O) groups is 2. The molecule has 0 fully saturated rings. The molecule has 0 aliphatic carbocycles. The normalized spacial score (nSPS) is 11.0. The summed E-state index contributed by atoms with van der Waals surface area (Å²) in [5.41, 5.74) is 0.414. The zero-order valence-electron chi connectivity index (χ0n) is 15.8. The zero-order valence-corrected chi connectivity index (χ0v) is 16.6. The molecule has 0 saturated heterocycles. The van der Waals surface area contributed by atoms with Gasteiger partial charge in [0.2, 0.25) is 11.8 Å². The van der Waals surface area contributed by atoms with Gasteiger partial charge in [-0.2, -0.15) is 0 Å². The van der Waals surface area contributed by atoms with Crippen molar-refractivity contribution in [1.29, 1.82) is 0 Å². The lowest BCUT2D eigenvalue weighted by molar-refractivity contribution is -0.138. The molecule has 144 valence electrons. The maximum absolute atomic E-state index is 12.6. The van der Waals surface area contributed by atoms with Gasteiger partial charge in [-0.05, 0) is 50.5 Å². The number of ether oxygens (including phenoxy) is 1. The van der Waals surface area contributed by atoms with Crippen molar-refractivity contribution < 1.29 is 14.3 Å². The molecule has 5 nitrogen and oxygen atoms in total. The molecule has 0 unspecified atom stereocenters. The third-order valence-corrected chi connectivity index (χ3v) is 4.55. The van der Waals surface area contributed by atoms with Gasteiger partial charge in [-0.1, -0.05) is 41.9 Å². The van der Waals surface area contributed by atoms with Gasteiger partial charge >= 0.3 is 0 Å². The lowest BCUT2D eigenvalue weighted by Gasteiger charge is -2.23. The molecule has 0 spiro atoms. The summed E-state index contributed by atoms with van der Waals surface area (Å²) in [6.45, 7) is 3.68. The maximum Gasteiger partial charge on any atom is 0.239 e. The highest BCUT2D eigenvalue weighted by Crippen LogP contribution is 2.29. The minimum absolute atomic E-state index is 0.325. The summed E-state index contributed by atoms with van der Waals surface area (Å²) < 4.78 is 5.22. The minimum atomic E-state index is -1.24. The summed E-state index contributed by atoms with van der Waals surface area (Å²) in [4.78, 5) is 25.1. The summed E-state index contributed by atoms with van der Waals surface area (Å²) in [6, 6.07) is 15.0. The monoisotopic (exact) mass is 388 g/mol. The third-order valence-electron chi connectivity index (χ3n) is 4.32. The molecule has 0 saturated carbocycles. The largest absolute Gasteiger partial charge is 0.495 e. The van der Waals surface area contributed by atoms with E-state index in [4.69, 9.17) is 16.3 Å². The fraction of sp³-hybridized carbons (Fsp3) is 0.333. The van der Waals surface area contributed by atoms with Crippen LogP contribution in [0.1, 0.15) is 25.8 Å². The second-order valence-electron chi connectivity index (χ2n) is 6.77. The SMILES string of the molecule is COc1ccc(Cl)cc1NC(=O)C(C)(C)C(=O)NCCCc1ccccc1. The van der Waals surface area contributed by atoms with Crippen molar-refractivity contribution in [1.82, 2.24) is 5.32 Å². The fourth-order valence-corrected chi connectivity index (χ4v) is 2.69. The van der Waals surface area contributed by atoms with Gasteiger partial charge in [-0.15, -0.1) is 0 Å². The molecule has 0 heterocycles. The Hall–Kier alpha value is -2.53. The highest BCUT2D eigenvalue weighted by Gasteiger charge is 2.36. The van der Waals surface area contributed by atoms with Crippen LogP contribution in [0.15, 0.2) is 48.5 Å². The first-order valence-electron chi connectivity index (χ1n) is 8.82. The van der Waals surface area contributed by atoms with Gasteiger partial charge in [-0.3, -0.25) is 9.59 Å². The Labute approximate surface area is 165 Å². The van der Waals surface area contributed by atoms with Gasteiger partial charge in [0.25, 0.3) is 0 Å². The Bertz CT molecular complexity index is 791.